The average Bonchev–Trinajstić information content (AvgIpc) is 2.89. The molecule has 1 atom stereocenters. The van der Waals surface area contributed by atoms with E-state index in [4.69, 9.17) is 0 Å². The molecule has 1 aliphatic carbocycles. The van der Waals surface area contributed by atoms with Crippen LogP contribution < -0.4 is 4.90 Å². The van der Waals surface area contributed by atoms with Gasteiger partial charge in [0.05, 0.1) is 0 Å². The second kappa shape index (κ2) is 4.48. The SMILES string of the molecule is CC1c2ccccc2-c2ccc3c(c21)Cc1ccccc1N3C. The van der Waals surface area contributed by atoms with Crippen LogP contribution in [0.25, 0.3) is 11.1 Å². The first-order valence-corrected chi connectivity index (χ1v) is 8.32. The molecule has 1 heteroatoms. The molecule has 1 unspecified atom stereocenters. The van der Waals surface area contributed by atoms with Gasteiger partial charge >= 0.3 is 0 Å². The number of hydrogen-bond acceptors (Lipinski definition) is 1. The molecule has 0 saturated heterocycles. The van der Waals surface area contributed by atoms with Crippen molar-refractivity contribution >= 4 is 11.4 Å². The van der Waals surface area contributed by atoms with E-state index in [0.29, 0.717) is 5.92 Å². The molecule has 112 valence electrons. The van der Waals surface area contributed by atoms with Crippen LogP contribution in [0.1, 0.15) is 35.1 Å². The van der Waals surface area contributed by atoms with Gasteiger partial charge in [-0.25, -0.2) is 0 Å². The summed E-state index contributed by atoms with van der Waals surface area (Å²) in [6, 6.07) is 22.3. The van der Waals surface area contributed by atoms with Gasteiger partial charge in [-0.1, -0.05) is 55.5 Å². The molecule has 3 aromatic rings. The van der Waals surface area contributed by atoms with E-state index in [9.17, 15) is 0 Å². The van der Waals surface area contributed by atoms with Crippen LogP contribution in [-0.2, 0) is 6.42 Å². The van der Waals surface area contributed by atoms with Gasteiger partial charge in [0.25, 0.3) is 0 Å². The number of hydrogen-bond donors (Lipinski definition) is 0. The molecule has 0 N–H and O–H groups in total. The van der Waals surface area contributed by atoms with Crippen molar-refractivity contribution in [2.75, 3.05) is 11.9 Å². The second-order valence-corrected chi connectivity index (χ2v) is 6.70. The van der Waals surface area contributed by atoms with Gasteiger partial charge in [0, 0.05) is 30.8 Å². The van der Waals surface area contributed by atoms with E-state index in [0.717, 1.165) is 6.42 Å². The largest absolute Gasteiger partial charge is 0.344 e. The highest BCUT2D eigenvalue weighted by Crippen LogP contribution is 2.50. The summed E-state index contributed by atoms with van der Waals surface area (Å²) in [6.07, 6.45) is 1.04. The molecule has 5 rings (SSSR count). The third-order valence-corrected chi connectivity index (χ3v) is 5.56. The fraction of sp³-hybridized carbons (Fsp3) is 0.182. The first kappa shape index (κ1) is 13.0. The lowest BCUT2D eigenvalue weighted by Gasteiger charge is -2.32. The minimum Gasteiger partial charge on any atom is -0.344 e. The predicted molar refractivity (Wildman–Crippen MR) is 96.7 cm³/mol. The van der Waals surface area contributed by atoms with E-state index in [1.165, 1.54) is 44.8 Å². The second-order valence-electron chi connectivity index (χ2n) is 6.70. The number of anilines is 2. The Kier molecular flexibility index (Phi) is 2.52. The molecule has 3 aromatic carbocycles. The zero-order valence-corrected chi connectivity index (χ0v) is 13.5. The van der Waals surface area contributed by atoms with Crippen LogP contribution >= 0.6 is 0 Å². The molecule has 0 radical (unpaired) electrons. The van der Waals surface area contributed by atoms with Crippen molar-refractivity contribution in [2.45, 2.75) is 19.3 Å². The Labute approximate surface area is 137 Å². The maximum absolute atomic E-state index is 2.35. The summed E-state index contributed by atoms with van der Waals surface area (Å²) in [7, 11) is 2.19. The fourth-order valence-electron chi connectivity index (χ4n) is 4.47. The van der Waals surface area contributed by atoms with Gasteiger partial charge in [-0.05, 0) is 45.5 Å². The molecular weight excluding hydrogens is 278 g/mol. The Bertz CT molecular complexity index is 938. The maximum atomic E-state index is 2.35. The zero-order chi connectivity index (χ0) is 15.6. The standard InChI is InChI=1S/C22H19N/c1-14-16-8-4-5-9-17(16)18-11-12-21-19(22(14)18)13-15-7-3-6-10-20(15)23(21)2/h3-12,14H,13H2,1-2H3. The summed E-state index contributed by atoms with van der Waals surface area (Å²) in [5.41, 5.74) is 11.5. The van der Waals surface area contributed by atoms with Crippen molar-refractivity contribution in [1.29, 1.82) is 0 Å². The van der Waals surface area contributed by atoms with E-state index < -0.39 is 0 Å². The van der Waals surface area contributed by atoms with E-state index in [1.807, 2.05) is 0 Å². The fourth-order valence-corrected chi connectivity index (χ4v) is 4.47. The lowest BCUT2D eigenvalue weighted by Crippen LogP contribution is -2.19. The topological polar surface area (TPSA) is 3.24 Å². The Morgan fingerprint density at radius 1 is 0.826 bits per heavy atom. The number of fused-ring (bicyclic) bond motifs is 6. The van der Waals surface area contributed by atoms with Crippen molar-refractivity contribution in [3.63, 3.8) is 0 Å². The zero-order valence-electron chi connectivity index (χ0n) is 13.5. The molecule has 1 heterocycles. The third-order valence-electron chi connectivity index (χ3n) is 5.56. The molecule has 1 aliphatic heterocycles. The van der Waals surface area contributed by atoms with Crippen LogP contribution in [0.5, 0.6) is 0 Å². The van der Waals surface area contributed by atoms with Crippen molar-refractivity contribution in [2.24, 2.45) is 0 Å². The lowest BCUT2D eigenvalue weighted by molar-refractivity contribution is 0.918. The van der Waals surface area contributed by atoms with Gasteiger partial charge in [0.2, 0.25) is 0 Å². The van der Waals surface area contributed by atoms with Gasteiger partial charge in [-0.2, -0.15) is 0 Å². The molecule has 0 spiro atoms. The molecule has 0 saturated carbocycles. The quantitative estimate of drug-likeness (QED) is 0.530. The van der Waals surface area contributed by atoms with Crippen LogP contribution in [0.4, 0.5) is 11.4 Å². The van der Waals surface area contributed by atoms with E-state index in [-0.39, 0.29) is 0 Å². The average molecular weight is 297 g/mol. The minimum absolute atomic E-state index is 0.481. The Balaban J connectivity index is 1.77. The number of rotatable bonds is 0. The third kappa shape index (κ3) is 1.62. The van der Waals surface area contributed by atoms with Crippen molar-refractivity contribution < 1.29 is 0 Å². The Hall–Kier alpha value is -2.54. The predicted octanol–water partition coefficient (Wildman–Crippen LogP) is 5.49. The summed E-state index contributed by atoms with van der Waals surface area (Å²) < 4.78 is 0. The van der Waals surface area contributed by atoms with Gasteiger partial charge in [-0.3, -0.25) is 0 Å². The highest BCUT2D eigenvalue weighted by atomic mass is 15.1. The molecule has 2 aliphatic rings. The van der Waals surface area contributed by atoms with Crippen LogP contribution in [0, 0.1) is 0 Å². The maximum Gasteiger partial charge on any atom is 0.0447 e. The lowest BCUT2D eigenvalue weighted by atomic mass is 9.86. The number of para-hydroxylation sites is 1. The van der Waals surface area contributed by atoms with Gasteiger partial charge in [-0.15, -0.1) is 0 Å². The highest BCUT2D eigenvalue weighted by Gasteiger charge is 2.31. The smallest absolute Gasteiger partial charge is 0.0447 e. The normalized spacial score (nSPS) is 17.3. The molecule has 0 aromatic heterocycles. The van der Waals surface area contributed by atoms with Crippen LogP contribution in [-0.4, -0.2) is 7.05 Å². The summed E-state index contributed by atoms with van der Waals surface area (Å²) in [5, 5.41) is 0. The molecule has 23 heavy (non-hydrogen) atoms. The summed E-state index contributed by atoms with van der Waals surface area (Å²) >= 11 is 0. The van der Waals surface area contributed by atoms with Crippen molar-refractivity contribution in [3.05, 3.63) is 82.9 Å². The van der Waals surface area contributed by atoms with Crippen molar-refractivity contribution in [1.82, 2.24) is 0 Å². The van der Waals surface area contributed by atoms with E-state index >= 15 is 0 Å². The van der Waals surface area contributed by atoms with Gasteiger partial charge < -0.3 is 4.90 Å². The molecule has 0 bridgehead atoms. The highest BCUT2D eigenvalue weighted by molar-refractivity contribution is 5.86. The summed E-state index contributed by atoms with van der Waals surface area (Å²) in [6.45, 7) is 2.35. The first-order chi connectivity index (χ1) is 11.3. The molecule has 1 nitrogen and oxygen atoms in total. The first-order valence-electron chi connectivity index (χ1n) is 8.32. The van der Waals surface area contributed by atoms with Crippen LogP contribution in [0.2, 0.25) is 0 Å². The number of benzene rings is 3. The monoisotopic (exact) mass is 297 g/mol. The summed E-state index contributed by atoms with van der Waals surface area (Å²) in [4.78, 5) is 2.35. The van der Waals surface area contributed by atoms with E-state index in [2.05, 4.69) is 79.5 Å². The van der Waals surface area contributed by atoms with Gasteiger partial charge in [0.1, 0.15) is 0 Å². The van der Waals surface area contributed by atoms with Crippen LogP contribution in [0.3, 0.4) is 0 Å². The van der Waals surface area contributed by atoms with Crippen molar-refractivity contribution in [3.8, 4) is 11.1 Å². The number of nitrogens with zero attached hydrogens (tertiary/aromatic N) is 1. The minimum atomic E-state index is 0.481. The Morgan fingerprint density at radius 2 is 1.61 bits per heavy atom. The molecule has 0 amide bonds. The molecular formula is C22H19N. The van der Waals surface area contributed by atoms with E-state index in [1.54, 1.807) is 0 Å². The Morgan fingerprint density at radius 3 is 2.52 bits per heavy atom. The summed E-state index contributed by atoms with van der Waals surface area (Å²) in [5.74, 6) is 0.481. The van der Waals surface area contributed by atoms with Gasteiger partial charge in [0.15, 0.2) is 0 Å². The van der Waals surface area contributed by atoms with Crippen LogP contribution in [0.15, 0.2) is 60.7 Å². The molecule has 0 fully saturated rings.